The number of rotatable bonds is 6. The molecule has 0 radical (unpaired) electrons. The first-order chi connectivity index (χ1) is 13.4. The van der Waals surface area contributed by atoms with Crippen LogP contribution in [0, 0.1) is 11.8 Å². The smallest absolute Gasteiger partial charge is 0.307 e. The molecule has 2 aromatic rings. The number of aliphatic hydroxyl groups excluding tert-OH is 1. The monoisotopic (exact) mass is 381 g/mol. The van der Waals surface area contributed by atoms with E-state index in [0.29, 0.717) is 5.92 Å². The Kier molecular flexibility index (Phi) is 6.15. The van der Waals surface area contributed by atoms with E-state index in [1.165, 1.54) is 5.56 Å². The highest BCUT2D eigenvalue weighted by molar-refractivity contribution is 5.86. The third-order valence-electron chi connectivity index (χ3n) is 5.55. The Balaban J connectivity index is 1.87. The Morgan fingerprint density at radius 3 is 2.00 bits per heavy atom. The second kappa shape index (κ2) is 8.57. The van der Waals surface area contributed by atoms with Crippen molar-refractivity contribution in [2.24, 2.45) is 11.8 Å². The van der Waals surface area contributed by atoms with Crippen molar-refractivity contribution >= 4 is 11.9 Å². The molecule has 148 valence electrons. The molecule has 0 heterocycles. The number of hydrogen-bond acceptors (Lipinski definition) is 3. The minimum atomic E-state index is -1.03. The van der Waals surface area contributed by atoms with Crippen molar-refractivity contribution in [1.82, 2.24) is 5.32 Å². The number of aliphatic carboxylic acids is 1. The molecule has 0 aliphatic heterocycles. The van der Waals surface area contributed by atoms with Gasteiger partial charge in [0.05, 0.1) is 24.0 Å². The summed E-state index contributed by atoms with van der Waals surface area (Å²) in [5, 5.41) is 22.3. The predicted octanol–water partition coefficient (Wildman–Crippen LogP) is 3.49. The molecule has 0 aromatic heterocycles. The molecule has 3 rings (SSSR count). The summed E-state index contributed by atoms with van der Waals surface area (Å²) in [5.41, 5.74) is 3.08. The van der Waals surface area contributed by atoms with Crippen LogP contribution >= 0.6 is 0 Å². The second-order valence-corrected chi connectivity index (χ2v) is 7.85. The molecule has 0 spiro atoms. The molecule has 3 N–H and O–H groups in total. The predicted molar refractivity (Wildman–Crippen MR) is 107 cm³/mol. The van der Waals surface area contributed by atoms with Crippen LogP contribution in [0.3, 0.4) is 0 Å². The quantitative estimate of drug-likeness (QED) is 0.715. The van der Waals surface area contributed by atoms with Crippen LogP contribution in [0.15, 0.2) is 54.6 Å². The summed E-state index contributed by atoms with van der Waals surface area (Å²) in [7, 11) is 0. The molecular formula is C23H27NO4. The highest BCUT2D eigenvalue weighted by atomic mass is 16.4. The lowest BCUT2D eigenvalue weighted by Gasteiger charge is -2.24. The van der Waals surface area contributed by atoms with E-state index in [1.54, 1.807) is 0 Å². The van der Waals surface area contributed by atoms with Gasteiger partial charge in [0.1, 0.15) is 0 Å². The number of carboxylic acids is 1. The number of aliphatic hydroxyl groups is 1. The van der Waals surface area contributed by atoms with Gasteiger partial charge in [-0.1, -0.05) is 68.4 Å². The topological polar surface area (TPSA) is 86.6 Å². The van der Waals surface area contributed by atoms with Crippen LogP contribution in [0.5, 0.6) is 0 Å². The molecule has 1 saturated carbocycles. The zero-order valence-corrected chi connectivity index (χ0v) is 16.2. The van der Waals surface area contributed by atoms with Crippen molar-refractivity contribution in [2.45, 2.75) is 44.8 Å². The largest absolute Gasteiger partial charge is 0.481 e. The molecule has 2 aromatic carbocycles. The van der Waals surface area contributed by atoms with E-state index in [-0.39, 0.29) is 24.8 Å². The average molecular weight is 381 g/mol. The van der Waals surface area contributed by atoms with Gasteiger partial charge in [-0.05, 0) is 35.4 Å². The van der Waals surface area contributed by atoms with Gasteiger partial charge in [0.15, 0.2) is 0 Å². The summed E-state index contributed by atoms with van der Waals surface area (Å²) in [6.07, 6.45) is -0.458. The van der Waals surface area contributed by atoms with E-state index >= 15 is 0 Å². The van der Waals surface area contributed by atoms with Crippen molar-refractivity contribution in [3.63, 3.8) is 0 Å². The molecule has 1 aliphatic rings. The molecular weight excluding hydrogens is 354 g/mol. The first-order valence-electron chi connectivity index (χ1n) is 9.73. The fraction of sp³-hybridized carbons (Fsp3) is 0.391. The minimum Gasteiger partial charge on any atom is -0.481 e. The summed E-state index contributed by atoms with van der Waals surface area (Å²) < 4.78 is 0. The lowest BCUT2D eigenvalue weighted by atomic mass is 9.92. The Morgan fingerprint density at radius 1 is 0.893 bits per heavy atom. The Morgan fingerprint density at radius 2 is 1.43 bits per heavy atom. The zero-order valence-electron chi connectivity index (χ0n) is 16.2. The van der Waals surface area contributed by atoms with Crippen molar-refractivity contribution in [3.8, 4) is 0 Å². The number of carbonyl (C=O) groups excluding carboxylic acids is 1. The number of amides is 1. The maximum atomic E-state index is 13.0. The van der Waals surface area contributed by atoms with Gasteiger partial charge in [0, 0.05) is 0 Å². The molecule has 0 saturated heterocycles. The van der Waals surface area contributed by atoms with Gasteiger partial charge in [-0.25, -0.2) is 0 Å². The molecule has 1 fully saturated rings. The van der Waals surface area contributed by atoms with E-state index in [0.717, 1.165) is 11.1 Å². The lowest BCUT2D eigenvalue weighted by Crippen LogP contribution is -2.38. The molecule has 1 aliphatic carbocycles. The second-order valence-electron chi connectivity index (χ2n) is 7.85. The van der Waals surface area contributed by atoms with E-state index in [1.807, 2.05) is 42.5 Å². The van der Waals surface area contributed by atoms with Crippen LogP contribution in [0.4, 0.5) is 0 Å². The van der Waals surface area contributed by atoms with E-state index < -0.39 is 23.9 Å². The normalized spacial score (nSPS) is 22.8. The molecule has 4 unspecified atom stereocenters. The zero-order chi connectivity index (χ0) is 20.3. The van der Waals surface area contributed by atoms with Crippen molar-refractivity contribution < 1.29 is 19.8 Å². The van der Waals surface area contributed by atoms with Gasteiger partial charge in [-0.2, -0.15) is 0 Å². The molecule has 5 nitrogen and oxygen atoms in total. The van der Waals surface area contributed by atoms with Crippen molar-refractivity contribution in [2.75, 3.05) is 0 Å². The summed E-state index contributed by atoms with van der Waals surface area (Å²) in [6.45, 7) is 4.26. The van der Waals surface area contributed by atoms with Crippen LogP contribution in [0.1, 0.15) is 55.3 Å². The standard InChI is InChI=1S/C23H27NO4/c1-14(2)15-8-10-17(11-9-15)21(16-6-4-3-5-7-16)24-22(26)19-12-18(25)13-20(19)23(27)28/h3-11,14,18-21,25H,12-13H2,1-2H3,(H,24,26)(H,27,28). The van der Waals surface area contributed by atoms with Gasteiger partial charge in [-0.15, -0.1) is 0 Å². The highest BCUT2D eigenvalue weighted by Gasteiger charge is 2.42. The van der Waals surface area contributed by atoms with Crippen LogP contribution < -0.4 is 5.32 Å². The van der Waals surface area contributed by atoms with E-state index in [4.69, 9.17) is 0 Å². The minimum absolute atomic E-state index is 0.118. The average Bonchev–Trinajstić information content (AvgIpc) is 3.09. The molecule has 28 heavy (non-hydrogen) atoms. The first-order valence-corrected chi connectivity index (χ1v) is 9.73. The van der Waals surface area contributed by atoms with Gasteiger partial charge >= 0.3 is 5.97 Å². The van der Waals surface area contributed by atoms with Gasteiger partial charge < -0.3 is 15.5 Å². The number of benzene rings is 2. The van der Waals surface area contributed by atoms with Crippen molar-refractivity contribution in [1.29, 1.82) is 0 Å². The van der Waals surface area contributed by atoms with Crippen LogP contribution in [-0.2, 0) is 9.59 Å². The third kappa shape index (κ3) is 4.42. The maximum absolute atomic E-state index is 13.0. The molecule has 1 amide bonds. The first kappa shape index (κ1) is 20.1. The molecule has 0 bridgehead atoms. The third-order valence-corrected chi connectivity index (χ3v) is 5.55. The number of nitrogens with one attached hydrogen (secondary N) is 1. The summed E-state index contributed by atoms with van der Waals surface area (Å²) in [6, 6.07) is 17.4. The van der Waals surface area contributed by atoms with Gasteiger partial charge in [0.25, 0.3) is 0 Å². The van der Waals surface area contributed by atoms with Crippen LogP contribution in [0.25, 0.3) is 0 Å². The molecule has 5 heteroatoms. The highest BCUT2D eigenvalue weighted by Crippen LogP contribution is 2.34. The number of hydrogen-bond donors (Lipinski definition) is 3. The Hall–Kier alpha value is -2.66. The number of carbonyl (C=O) groups is 2. The van der Waals surface area contributed by atoms with E-state index in [9.17, 15) is 19.8 Å². The maximum Gasteiger partial charge on any atom is 0.307 e. The molecule has 4 atom stereocenters. The van der Waals surface area contributed by atoms with Crippen molar-refractivity contribution in [3.05, 3.63) is 71.3 Å². The number of carboxylic acid groups (broad SMARTS) is 1. The SMILES string of the molecule is CC(C)c1ccc(C(NC(=O)C2CC(O)CC2C(=O)O)c2ccccc2)cc1. The van der Waals surface area contributed by atoms with Gasteiger partial charge in [-0.3, -0.25) is 9.59 Å². The lowest BCUT2D eigenvalue weighted by molar-refractivity contribution is -0.146. The van der Waals surface area contributed by atoms with Crippen LogP contribution in [-0.4, -0.2) is 28.2 Å². The summed E-state index contributed by atoms with van der Waals surface area (Å²) in [5.74, 6) is -2.53. The fourth-order valence-electron chi connectivity index (χ4n) is 3.90. The van der Waals surface area contributed by atoms with Gasteiger partial charge in [0.2, 0.25) is 5.91 Å². The van der Waals surface area contributed by atoms with Crippen LogP contribution in [0.2, 0.25) is 0 Å². The fourth-order valence-corrected chi connectivity index (χ4v) is 3.90. The summed E-state index contributed by atoms with van der Waals surface area (Å²) >= 11 is 0. The summed E-state index contributed by atoms with van der Waals surface area (Å²) in [4.78, 5) is 24.5. The van der Waals surface area contributed by atoms with E-state index in [2.05, 4.69) is 31.3 Å². The Bertz CT molecular complexity index is 816. The Labute approximate surface area is 165 Å².